The maximum absolute atomic E-state index is 12.9. The van der Waals surface area contributed by atoms with E-state index in [1.165, 1.54) is 0 Å². The molecule has 5 nitrogen and oxygen atoms in total. The molecule has 0 bridgehead atoms. The average molecular weight is 523 g/mol. The largest absolute Gasteiger partial charge is 0.322 e. The van der Waals surface area contributed by atoms with Crippen LogP contribution in [0.25, 0.3) is 16.3 Å². The van der Waals surface area contributed by atoms with Crippen LogP contribution in [-0.2, 0) is 0 Å². The number of hydrogen-bond donors (Lipinski definition) is 1. The van der Waals surface area contributed by atoms with Gasteiger partial charge in [0.2, 0.25) is 0 Å². The van der Waals surface area contributed by atoms with Crippen molar-refractivity contribution in [1.82, 2.24) is 14.9 Å². The number of carbonyl (C=O) groups excluding carboxylic acids is 1. The molecule has 8 heteroatoms. The third-order valence-electron chi connectivity index (χ3n) is 6.32. The van der Waals surface area contributed by atoms with Crippen molar-refractivity contribution in [2.24, 2.45) is 0 Å². The third-order valence-corrected chi connectivity index (χ3v) is 7.57. The number of likely N-dealkylation sites (tertiary alicyclic amines) is 1. The molecule has 2 aromatic carbocycles. The Hall–Kier alpha value is -2.77. The molecule has 0 atom stereocenters. The van der Waals surface area contributed by atoms with Gasteiger partial charge in [0.05, 0.1) is 15.7 Å². The molecule has 1 aliphatic rings. The first-order valence-electron chi connectivity index (χ1n) is 11.5. The first-order chi connectivity index (χ1) is 17.1. The summed E-state index contributed by atoms with van der Waals surface area (Å²) in [6.07, 6.45) is 7.90. The van der Waals surface area contributed by atoms with Gasteiger partial charge in [-0.2, -0.15) is 0 Å². The van der Waals surface area contributed by atoms with Gasteiger partial charge in [-0.25, -0.2) is 9.97 Å². The number of aromatic nitrogens is 2. The number of benzene rings is 2. The average Bonchev–Trinajstić information content (AvgIpc) is 3.35. The topological polar surface area (TPSA) is 58.1 Å². The van der Waals surface area contributed by atoms with E-state index in [-0.39, 0.29) is 5.91 Å². The van der Waals surface area contributed by atoms with Gasteiger partial charge in [0.25, 0.3) is 5.91 Å². The summed E-state index contributed by atoms with van der Waals surface area (Å²) in [7, 11) is 0. The number of rotatable bonds is 6. The molecule has 1 amide bonds. The number of anilines is 1. The van der Waals surface area contributed by atoms with E-state index in [1.807, 2.05) is 41.9 Å². The Labute approximate surface area is 218 Å². The first kappa shape index (κ1) is 23.9. The highest BCUT2D eigenvalue weighted by atomic mass is 35.5. The zero-order valence-corrected chi connectivity index (χ0v) is 21.3. The van der Waals surface area contributed by atoms with Gasteiger partial charge in [-0.15, -0.1) is 11.3 Å². The Bertz CT molecular complexity index is 1360. The second-order valence-electron chi connectivity index (χ2n) is 8.58. The van der Waals surface area contributed by atoms with Crippen molar-refractivity contribution in [3.8, 4) is 0 Å². The van der Waals surface area contributed by atoms with Gasteiger partial charge in [-0.05, 0) is 73.8 Å². The van der Waals surface area contributed by atoms with Crippen molar-refractivity contribution in [2.45, 2.75) is 18.8 Å². The third kappa shape index (κ3) is 5.73. The number of thiazole rings is 1. The van der Waals surface area contributed by atoms with E-state index < -0.39 is 0 Å². The van der Waals surface area contributed by atoms with Gasteiger partial charge in [0.1, 0.15) is 5.15 Å². The molecule has 0 radical (unpaired) electrons. The Kier molecular flexibility index (Phi) is 7.44. The molecule has 1 saturated heterocycles. The number of halogens is 2. The summed E-state index contributed by atoms with van der Waals surface area (Å²) in [6.45, 7) is 2.88. The summed E-state index contributed by atoms with van der Waals surface area (Å²) in [4.78, 5) is 24.0. The monoisotopic (exact) mass is 522 g/mol. The number of fused-ring (bicyclic) bond motifs is 1. The number of nitrogens with zero attached hydrogens (tertiary/aromatic N) is 3. The van der Waals surface area contributed by atoms with Gasteiger partial charge >= 0.3 is 0 Å². The fourth-order valence-electron chi connectivity index (χ4n) is 4.53. The van der Waals surface area contributed by atoms with Crippen LogP contribution >= 0.6 is 34.5 Å². The predicted octanol–water partition coefficient (Wildman–Crippen LogP) is 7.14. The number of carbonyl (C=O) groups is 1. The zero-order valence-electron chi connectivity index (χ0n) is 19.0. The lowest BCUT2D eigenvalue weighted by molar-refractivity contribution is 0.102. The van der Waals surface area contributed by atoms with Crippen LogP contribution in [0.5, 0.6) is 0 Å². The Morgan fingerprint density at radius 2 is 1.89 bits per heavy atom. The molecule has 1 N–H and O–H groups in total. The normalized spacial score (nSPS) is 15.1. The smallest absolute Gasteiger partial charge is 0.255 e. The summed E-state index contributed by atoms with van der Waals surface area (Å²) >= 11 is 13.6. The molecular weight excluding hydrogens is 499 g/mol. The van der Waals surface area contributed by atoms with Crippen LogP contribution in [0, 0.1) is 0 Å². The molecule has 0 spiro atoms. The SMILES string of the molecule is O=C(Nc1ccc2scnc2c1C1CCN(C/C=C/c2ccc(Cl)cc2)CC1)c1ccnc(Cl)c1. The zero-order chi connectivity index (χ0) is 24.2. The van der Waals surface area contributed by atoms with Crippen molar-refractivity contribution < 1.29 is 4.79 Å². The van der Waals surface area contributed by atoms with Gasteiger partial charge < -0.3 is 5.32 Å². The molecule has 2 aromatic heterocycles. The summed E-state index contributed by atoms with van der Waals surface area (Å²) in [5.74, 6) is 0.128. The van der Waals surface area contributed by atoms with E-state index in [0.717, 1.165) is 64.5 Å². The van der Waals surface area contributed by atoms with Crippen molar-refractivity contribution in [2.75, 3.05) is 25.0 Å². The fourth-order valence-corrected chi connectivity index (χ4v) is 5.52. The Balaban J connectivity index is 1.29. The van der Waals surface area contributed by atoms with Gasteiger partial charge in [0, 0.05) is 34.6 Å². The number of piperidine rings is 1. The molecule has 0 unspecified atom stereocenters. The van der Waals surface area contributed by atoms with E-state index in [1.54, 1.807) is 29.7 Å². The molecule has 1 fully saturated rings. The lowest BCUT2D eigenvalue weighted by atomic mass is 9.87. The molecule has 0 saturated carbocycles. The van der Waals surface area contributed by atoms with Crippen LogP contribution in [0.3, 0.4) is 0 Å². The minimum Gasteiger partial charge on any atom is -0.322 e. The summed E-state index contributed by atoms with van der Waals surface area (Å²) in [5, 5.41) is 4.15. The van der Waals surface area contributed by atoms with Crippen LogP contribution in [0.15, 0.2) is 66.3 Å². The van der Waals surface area contributed by atoms with Crippen LogP contribution in [0.1, 0.15) is 40.2 Å². The van der Waals surface area contributed by atoms with E-state index in [9.17, 15) is 4.79 Å². The highest BCUT2D eigenvalue weighted by Gasteiger charge is 2.26. The van der Waals surface area contributed by atoms with Crippen LogP contribution in [0.4, 0.5) is 5.69 Å². The van der Waals surface area contributed by atoms with Gasteiger partial charge in [0.15, 0.2) is 0 Å². The number of pyridine rings is 1. The second-order valence-corrected chi connectivity index (χ2v) is 10.3. The maximum Gasteiger partial charge on any atom is 0.255 e. The molecule has 0 aliphatic carbocycles. The van der Waals surface area contributed by atoms with Crippen molar-refractivity contribution in [3.05, 3.63) is 93.2 Å². The van der Waals surface area contributed by atoms with Crippen molar-refractivity contribution in [3.63, 3.8) is 0 Å². The van der Waals surface area contributed by atoms with Crippen molar-refractivity contribution >= 4 is 62.4 Å². The molecular formula is C27H24Cl2N4OS. The summed E-state index contributed by atoms with van der Waals surface area (Å²) in [5.41, 5.74) is 6.45. The maximum atomic E-state index is 12.9. The fraction of sp³-hybridized carbons (Fsp3) is 0.222. The molecule has 5 rings (SSSR count). The van der Waals surface area contributed by atoms with Crippen LogP contribution < -0.4 is 5.32 Å². The number of nitrogens with one attached hydrogen (secondary N) is 1. The van der Waals surface area contributed by atoms with Crippen LogP contribution in [-0.4, -0.2) is 40.4 Å². The van der Waals surface area contributed by atoms with Crippen LogP contribution in [0.2, 0.25) is 10.2 Å². The van der Waals surface area contributed by atoms with Crippen molar-refractivity contribution in [1.29, 1.82) is 0 Å². The van der Waals surface area contributed by atoms with E-state index in [0.29, 0.717) is 16.6 Å². The van der Waals surface area contributed by atoms with Gasteiger partial charge in [-0.1, -0.05) is 47.5 Å². The molecule has 3 heterocycles. The van der Waals surface area contributed by atoms with E-state index in [4.69, 9.17) is 23.2 Å². The summed E-state index contributed by atoms with van der Waals surface area (Å²) < 4.78 is 1.14. The predicted molar refractivity (Wildman–Crippen MR) is 146 cm³/mol. The molecule has 178 valence electrons. The summed E-state index contributed by atoms with van der Waals surface area (Å²) in [6, 6.07) is 15.1. The lowest BCUT2D eigenvalue weighted by Gasteiger charge is -2.32. The minimum atomic E-state index is -0.199. The highest BCUT2D eigenvalue weighted by molar-refractivity contribution is 7.16. The second kappa shape index (κ2) is 10.9. The highest BCUT2D eigenvalue weighted by Crippen LogP contribution is 2.39. The Morgan fingerprint density at radius 3 is 2.66 bits per heavy atom. The van der Waals surface area contributed by atoms with E-state index in [2.05, 4.69) is 32.3 Å². The minimum absolute atomic E-state index is 0.199. The number of amides is 1. The van der Waals surface area contributed by atoms with E-state index >= 15 is 0 Å². The molecule has 4 aromatic rings. The quantitative estimate of drug-likeness (QED) is 0.273. The lowest BCUT2D eigenvalue weighted by Crippen LogP contribution is -2.33. The Morgan fingerprint density at radius 1 is 1.09 bits per heavy atom. The molecule has 1 aliphatic heterocycles. The first-order valence-corrected chi connectivity index (χ1v) is 13.1. The standard InChI is InChI=1S/C27H24Cl2N4OS/c28-21-5-3-18(4-6-21)2-1-13-33-14-10-19(11-15-33)25-22(7-8-23-26(25)31-17-35-23)32-27(34)20-9-12-30-24(29)16-20/h1-9,12,16-17,19H,10-11,13-15H2,(H,32,34)/b2-1+. The number of hydrogen-bond acceptors (Lipinski definition) is 5. The van der Waals surface area contributed by atoms with Gasteiger partial charge in [-0.3, -0.25) is 9.69 Å². The molecule has 35 heavy (non-hydrogen) atoms.